The molecule has 2 aromatic heterocycles. The van der Waals surface area contributed by atoms with E-state index in [4.69, 9.17) is 20.2 Å². The zero-order valence-corrected chi connectivity index (χ0v) is 24.5. The maximum Gasteiger partial charge on any atom is 0.330 e. The summed E-state index contributed by atoms with van der Waals surface area (Å²) >= 11 is 0. The fraction of sp³-hybridized carbons (Fsp3) is 0.680. The summed E-state index contributed by atoms with van der Waals surface area (Å²) in [4.78, 5) is 38.1. The van der Waals surface area contributed by atoms with Gasteiger partial charge < -0.3 is 9.15 Å². The van der Waals surface area contributed by atoms with Crippen molar-refractivity contribution in [1.29, 1.82) is 0 Å². The van der Waals surface area contributed by atoms with E-state index in [-0.39, 0.29) is 30.3 Å². The second kappa shape index (κ2) is 13.2. The molecule has 4 atom stereocenters. The van der Waals surface area contributed by atoms with Gasteiger partial charge in [-0.1, -0.05) is 42.4 Å². The van der Waals surface area contributed by atoms with E-state index >= 15 is 4.39 Å². The molecule has 0 amide bonds. The third kappa shape index (κ3) is 7.96. The van der Waals surface area contributed by atoms with Crippen LogP contribution in [-0.2, 0) is 26.8 Å². The van der Waals surface area contributed by atoms with Crippen molar-refractivity contribution in [2.75, 3.05) is 0 Å². The van der Waals surface area contributed by atoms with Crippen molar-refractivity contribution in [3.8, 4) is 0 Å². The number of hydrogen-bond donors (Lipinski definition) is 1. The van der Waals surface area contributed by atoms with E-state index in [2.05, 4.69) is 25.8 Å². The normalized spacial score (nSPS) is 22.8. The van der Waals surface area contributed by atoms with Gasteiger partial charge in [0.25, 0.3) is 5.56 Å². The molecule has 13 heteroatoms. The number of H-pyrrole nitrogens is 1. The molecule has 1 unspecified atom stereocenters. The van der Waals surface area contributed by atoms with E-state index in [9.17, 15) is 9.59 Å². The lowest BCUT2D eigenvalue weighted by Crippen LogP contribution is -2.53. The Morgan fingerprint density at radius 1 is 1.21 bits per heavy atom. The smallest absolute Gasteiger partial charge is 0.330 e. The maximum absolute atomic E-state index is 15.8. The number of ether oxygens (including phenoxy) is 1. The molecule has 1 aliphatic heterocycles. The van der Waals surface area contributed by atoms with Crippen LogP contribution in [0, 0.1) is 0 Å². The molecule has 38 heavy (non-hydrogen) atoms. The number of nitrogens with one attached hydrogen (secondary N) is 1. The molecule has 0 bridgehead atoms. The molecule has 214 valence electrons. The monoisotopic (exact) mass is 575 g/mol. The summed E-state index contributed by atoms with van der Waals surface area (Å²) in [6.07, 6.45) is -0.977. The fourth-order valence-corrected chi connectivity index (χ4v) is 6.31. The van der Waals surface area contributed by atoms with Crippen molar-refractivity contribution in [2.24, 2.45) is 0 Å². The van der Waals surface area contributed by atoms with Crippen LogP contribution in [0.5, 0.6) is 0 Å². The van der Waals surface area contributed by atoms with Gasteiger partial charge >= 0.3 is 5.69 Å². The Morgan fingerprint density at radius 2 is 1.89 bits per heavy atom. The standard InChI is InChI=1S/C25H39FN4O6S2/c1-15(2)29(16(3)4)30(34-13-18-11-33-12-19(18)14-37-38-25(6,7)8)36-22-17(5)35-23(21(22)26)28-10-9-20(31)27-24(28)32/h9-12,15-17,21-23H,13-14H2,1-8H3,(H,27,31,32)/t17-,21?,22+,23-/m1/s1/i5D. The van der Waals surface area contributed by atoms with Gasteiger partial charge in [-0.25, -0.2) is 9.18 Å². The van der Waals surface area contributed by atoms with Crippen molar-refractivity contribution in [3.05, 3.63) is 56.8 Å². The largest absolute Gasteiger partial charge is 0.472 e. The molecular formula is C25H39FN4O6S2. The average molecular weight is 576 g/mol. The first-order chi connectivity index (χ1) is 18.3. The number of aromatic amines is 1. The lowest BCUT2D eigenvalue weighted by Gasteiger charge is -2.39. The zero-order valence-electron chi connectivity index (χ0n) is 23.9. The third-order valence-corrected chi connectivity index (χ3v) is 8.79. The summed E-state index contributed by atoms with van der Waals surface area (Å²) in [6, 6.07) is 0.941. The molecule has 0 aromatic carbocycles. The maximum atomic E-state index is 15.8. The van der Waals surface area contributed by atoms with Crippen LogP contribution in [-0.4, -0.2) is 55.1 Å². The van der Waals surface area contributed by atoms with Crippen molar-refractivity contribution >= 4 is 21.6 Å². The number of alkyl halides is 1. The average Bonchev–Trinajstić information content (AvgIpc) is 3.40. The molecule has 0 saturated carbocycles. The summed E-state index contributed by atoms with van der Waals surface area (Å²) < 4.78 is 35.9. The van der Waals surface area contributed by atoms with E-state index in [0.29, 0.717) is 0 Å². The van der Waals surface area contributed by atoms with Crippen LogP contribution in [0.25, 0.3) is 0 Å². The number of aromatic nitrogens is 2. The first-order valence-corrected chi connectivity index (χ1v) is 14.8. The van der Waals surface area contributed by atoms with Gasteiger partial charge in [0, 0.05) is 52.7 Å². The second-order valence-corrected chi connectivity index (χ2v) is 13.7. The van der Waals surface area contributed by atoms with Crippen LogP contribution in [0.15, 0.2) is 38.8 Å². The first kappa shape index (κ1) is 29.4. The summed E-state index contributed by atoms with van der Waals surface area (Å²) in [6.45, 7) is 14.0. The molecule has 10 nitrogen and oxygen atoms in total. The molecule has 0 radical (unpaired) electrons. The molecule has 0 spiro atoms. The highest BCUT2D eigenvalue weighted by molar-refractivity contribution is 8.76. The molecule has 1 N–H and O–H groups in total. The minimum Gasteiger partial charge on any atom is -0.472 e. The number of rotatable bonds is 12. The highest BCUT2D eigenvalue weighted by Gasteiger charge is 2.47. The number of nitrogens with zero attached hydrogens (tertiary/aromatic N) is 3. The van der Waals surface area contributed by atoms with E-state index in [1.165, 1.54) is 11.5 Å². The molecule has 1 fully saturated rings. The zero-order chi connectivity index (χ0) is 28.9. The van der Waals surface area contributed by atoms with Crippen molar-refractivity contribution in [1.82, 2.24) is 19.9 Å². The van der Waals surface area contributed by atoms with Crippen LogP contribution in [0.3, 0.4) is 0 Å². The van der Waals surface area contributed by atoms with Crippen molar-refractivity contribution in [3.63, 3.8) is 0 Å². The Balaban J connectivity index is 1.80. The van der Waals surface area contributed by atoms with Gasteiger partial charge in [0.2, 0.25) is 0 Å². The van der Waals surface area contributed by atoms with Gasteiger partial charge in [0.15, 0.2) is 12.4 Å². The highest BCUT2D eigenvalue weighted by Crippen LogP contribution is 2.38. The van der Waals surface area contributed by atoms with Gasteiger partial charge in [-0.05, 0) is 34.6 Å². The van der Waals surface area contributed by atoms with Crippen LogP contribution < -0.4 is 11.2 Å². The van der Waals surface area contributed by atoms with Gasteiger partial charge in [-0.3, -0.25) is 24.0 Å². The second-order valence-electron chi connectivity index (χ2n) is 10.6. The van der Waals surface area contributed by atoms with Gasteiger partial charge in [-0.15, -0.1) is 0 Å². The Kier molecular flexibility index (Phi) is 10.2. The lowest BCUT2D eigenvalue weighted by molar-refractivity contribution is -0.493. The van der Waals surface area contributed by atoms with Gasteiger partial charge in [-0.2, -0.15) is 5.01 Å². The topological polar surface area (TPSA) is 102 Å². The minimum absolute atomic E-state index is 0.0833. The predicted molar refractivity (Wildman–Crippen MR) is 147 cm³/mol. The first-order valence-electron chi connectivity index (χ1n) is 13.2. The third-order valence-electron chi connectivity index (χ3n) is 5.54. The highest BCUT2D eigenvalue weighted by atomic mass is 33.1. The number of furan rings is 1. The Morgan fingerprint density at radius 3 is 2.50 bits per heavy atom. The Labute approximate surface area is 231 Å². The minimum atomic E-state index is -1.83. The summed E-state index contributed by atoms with van der Waals surface area (Å²) in [5.74, 6) is 0.718. The quantitative estimate of drug-likeness (QED) is 0.280. The van der Waals surface area contributed by atoms with E-state index < -0.39 is 35.9 Å². The van der Waals surface area contributed by atoms with Crippen molar-refractivity contribution in [2.45, 2.75) is 109 Å². The molecule has 1 saturated heterocycles. The van der Waals surface area contributed by atoms with Crippen LogP contribution in [0.4, 0.5) is 4.39 Å². The lowest BCUT2D eigenvalue weighted by atomic mass is 10.2. The van der Waals surface area contributed by atoms with Crippen LogP contribution in [0.1, 0.15) is 74.1 Å². The molecular weight excluding hydrogens is 535 g/mol. The summed E-state index contributed by atoms with van der Waals surface area (Å²) in [5.41, 5.74) is 0.389. The van der Waals surface area contributed by atoms with Gasteiger partial charge in [0.05, 0.1) is 18.6 Å². The molecule has 3 rings (SSSR count). The number of halogens is 1. The van der Waals surface area contributed by atoms with E-state index in [1.807, 2.05) is 27.7 Å². The molecule has 2 aromatic rings. The van der Waals surface area contributed by atoms with E-state index in [0.717, 1.165) is 27.5 Å². The summed E-state index contributed by atoms with van der Waals surface area (Å²) in [5, 5.41) is 2.97. The fourth-order valence-electron chi connectivity index (χ4n) is 3.90. The number of hydrazine groups is 1. The molecule has 3 heterocycles. The van der Waals surface area contributed by atoms with Crippen LogP contribution in [0.2, 0.25) is 0 Å². The number of hydrogen-bond acceptors (Lipinski definition) is 10. The Hall–Kier alpha value is -1.61. The molecule has 0 aliphatic carbocycles. The van der Waals surface area contributed by atoms with Crippen molar-refractivity contribution < 1.29 is 24.6 Å². The summed E-state index contributed by atoms with van der Waals surface area (Å²) in [7, 11) is 3.50. The SMILES string of the molecule is [2H]C[C@H]1O[C@@H](n2ccc(=O)[nH]c2=O)C(F)[C@H]1ON(OCc1cocc1CSSC(C)(C)C)N(C(C)C)C(C)C. The van der Waals surface area contributed by atoms with Gasteiger partial charge in [0.1, 0.15) is 12.7 Å². The predicted octanol–water partition coefficient (Wildman–Crippen LogP) is 4.83. The Bertz CT molecular complexity index is 1160. The molecule has 1 aliphatic rings. The van der Waals surface area contributed by atoms with Crippen LogP contribution >= 0.6 is 21.6 Å². The van der Waals surface area contributed by atoms with E-state index in [1.54, 1.807) is 39.1 Å².